The Labute approximate surface area is 210 Å². The molecule has 0 aliphatic carbocycles. The van der Waals surface area contributed by atoms with Crippen LogP contribution in [0.15, 0.2) is 24.5 Å². The number of nitrogens with two attached hydrogens (primary N) is 1. The van der Waals surface area contributed by atoms with Crippen LogP contribution in [-0.4, -0.2) is 76.5 Å². The van der Waals surface area contributed by atoms with Crippen molar-refractivity contribution in [2.24, 2.45) is 11.7 Å². The highest BCUT2D eigenvalue weighted by Gasteiger charge is 2.47. The van der Waals surface area contributed by atoms with Gasteiger partial charge < -0.3 is 25.4 Å². The number of carbonyl (C=O) groups is 4. The van der Waals surface area contributed by atoms with Crippen molar-refractivity contribution in [1.82, 2.24) is 9.80 Å². The maximum absolute atomic E-state index is 14.0. The van der Waals surface area contributed by atoms with E-state index in [0.717, 1.165) is 12.3 Å². The number of aliphatic carboxylic acids is 1. The zero-order valence-corrected chi connectivity index (χ0v) is 20.3. The zero-order chi connectivity index (χ0) is 27.9. The number of hydrogen-bond acceptors (Lipinski definition) is 6. The molecule has 2 aliphatic rings. The number of amides is 2. The fourth-order valence-corrected chi connectivity index (χ4v) is 4.36. The number of halogens is 4. The van der Waals surface area contributed by atoms with E-state index in [0.29, 0.717) is 31.7 Å². The normalized spacial score (nSPS) is 19.8. The van der Waals surface area contributed by atoms with Gasteiger partial charge in [0, 0.05) is 44.1 Å². The van der Waals surface area contributed by atoms with E-state index in [-0.39, 0.29) is 49.3 Å². The summed E-state index contributed by atoms with van der Waals surface area (Å²) >= 11 is 0. The number of hydrogen-bond donors (Lipinski definition) is 2. The van der Waals surface area contributed by atoms with Crippen molar-refractivity contribution >= 4 is 24.3 Å². The molecule has 0 spiro atoms. The molecule has 204 valence electrons. The molecule has 3 atom stereocenters. The number of benzene rings is 1. The summed E-state index contributed by atoms with van der Waals surface area (Å²) in [5.41, 5.74) is 3.90. The summed E-state index contributed by atoms with van der Waals surface area (Å²) < 4.78 is 58.0. The Kier molecular flexibility index (Phi) is 10.2. The molecular weight excluding hydrogens is 502 g/mol. The minimum atomic E-state index is -1.97. The second-order valence-corrected chi connectivity index (χ2v) is 9.29. The first-order chi connectivity index (χ1) is 17.2. The molecule has 9 nitrogen and oxygen atoms in total. The van der Waals surface area contributed by atoms with Crippen molar-refractivity contribution in [2.45, 2.75) is 50.9 Å². The van der Waals surface area contributed by atoms with Crippen LogP contribution in [0.3, 0.4) is 0 Å². The number of fused-ring (bicyclic) bond motifs is 1. The van der Waals surface area contributed by atoms with Crippen molar-refractivity contribution in [3.8, 4) is 0 Å². The predicted octanol–water partition coefficient (Wildman–Crippen LogP) is 1.93. The number of alkyl halides is 1. The summed E-state index contributed by atoms with van der Waals surface area (Å²) in [5, 5.41) is 7.86. The number of carboxylic acid groups (broad SMARTS) is 1. The fourth-order valence-electron chi connectivity index (χ4n) is 4.36. The van der Waals surface area contributed by atoms with Crippen molar-refractivity contribution in [3.05, 3.63) is 47.5 Å². The van der Waals surface area contributed by atoms with Gasteiger partial charge in [-0.15, -0.1) is 0 Å². The SMILES string of the molecule is CC(C)(F)C(=O)N1C[C@@H]2CCN(C(=O)C[C@H](N)Cc3cc(F)c(F)cc3F)[C@@H]2C1.O=CO/C=C/C(=O)O. The second kappa shape index (κ2) is 12.7. The smallest absolute Gasteiger partial charge is 0.331 e. The molecule has 13 heteroatoms. The number of carboxylic acids is 1. The van der Waals surface area contributed by atoms with Crippen molar-refractivity contribution in [1.29, 1.82) is 0 Å². The van der Waals surface area contributed by atoms with E-state index in [1.165, 1.54) is 18.7 Å². The molecular formula is C24H29F4N3O6. The predicted molar refractivity (Wildman–Crippen MR) is 122 cm³/mol. The fraction of sp³-hybridized carbons (Fsp3) is 0.500. The van der Waals surface area contributed by atoms with E-state index >= 15 is 0 Å². The molecule has 1 aromatic rings. The van der Waals surface area contributed by atoms with E-state index < -0.39 is 41.0 Å². The van der Waals surface area contributed by atoms with Gasteiger partial charge in [0.1, 0.15) is 12.1 Å². The van der Waals surface area contributed by atoms with Crippen molar-refractivity contribution in [2.75, 3.05) is 19.6 Å². The second-order valence-electron chi connectivity index (χ2n) is 9.29. The van der Waals surface area contributed by atoms with Gasteiger partial charge in [-0.1, -0.05) is 0 Å². The summed E-state index contributed by atoms with van der Waals surface area (Å²) in [6.07, 6.45) is 2.01. The van der Waals surface area contributed by atoms with Crippen LogP contribution in [0.1, 0.15) is 32.3 Å². The third-order valence-electron chi connectivity index (χ3n) is 6.02. The van der Waals surface area contributed by atoms with Gasteiger partial charge in [-0.3, -0.25) is 14.4 Å². The first-order valence-electron chi connectivity index (χ1n) is 11.4. The van der Waals surface area contributed by atoms with Crippen LogP contribution in [0.5, 0.6) is 0 Å². The standard InChI is InChI=1S/C20H25F4N3O2.C4H4O4/c1-20(2,24)19(29)26-9-11-3-4-27(17(11)10-26)18(28)7-13(25)5-12-6-15(22)16(23)8-14(12)21;5-3-8-2-1-4(6)7/h6,8,11,13,17H,3-5,7,9-10,25H2,1-2H3;1-3H,(H,6,7)/b;2-1+/t11-,13+,17+;/m0./s1. The molecule has 0 unspecified atom stereocenters. The molecule has 3 rings (SSSR count). The molecule has 2 amide bonds. The molecule has 2 saturated heterocycles. The summed E-state index contributed by atoms with van der Waals surface area (Å²) in [5.74, 6) is -5.26. The van der Waals surface area contributed by atoms with E-state index in [2.05, 4.69) is 4.74 Å². The maximum atomic E-state index is 14.0. The number of carbonyl (C=O) groups excluding carboxylic acids is 3. The highest BCUT2D eigenvalue weighted by molar-refractivity contribution is 5.85. The van der Waals surface area contributed by atoms with Crippen molar-refractivity contribution in [3.63, 3.8) is 0 Å². The first kappa shape index (κ1) is 29.7. The minimum absolute atomic E-state index is 0.0881. The van der Waals surface area contributed by atoms with E-state index in [1.54, 1.807) is 4.90 Å². The summed E-state index contributed by atoms with van der Waals surface area (Å²) in [6.45, 7) is 3.76. The Bertz CT molecular complexity index is 1050. The van der Waals surface area contributed by atoms with Crippen molar-refractivity contribution < 1.29 is 46.6 Å². The zero-order valence-electron chi connectivity index (χ0n) is 20.3. The Morgan fingerprint density at radius 1 is 1.19 bits per heavy atom. The van der Waals surface area contributed by atoms with E-state index in [1.807, 2.05) is 0 Å². The van der Waals surface area contributed by atoms with Gasteiger partial charge >= 0.3 is 5.97 Å². The highest BCUT2D eigenvalue weighted by atomic mass is 19.2. The van der Waals surface area contributed by atoms with E-state index in [4.69, 9.17) is 10.8 Å². The Hall–Kier alpha value is -3.48. The molecule has 0 bridgehead atoms. The Morgan fingerprint density at radius 2 is 1.84 bits per heavy atom. The maximum Gasteiger partial charge on any atom is 0.331 e. The average Bonchev–Trinajstić information content (AvgIpc) is 3.37. The molecule has 0 saturated carbocycles. The van der Waals surface area contributed by atoms with Crippen LogP contribution in [0.4, 0.5) is 17.6 Å². The number of rotatable bonds is 8. The topological polar surface area (TPSA) is 130 Å². The Balaban J connectivity index is 0.000000521. The Morgan fingerprint density at radius 3 is 2.43 bits per heavy atom. The largest absolute Gasteiger partial charge is 0.478 e. The van der Waals surface area contributed by atoms with Gasteiger partial charge in [0.25, 0.3) is 12.4 Å². The lowest BCUT2D eigenvalue weighted by Gasteiger charge is -2.27. The van der Waals surface area contributed by atoms with Gasteiger partial charge in [-0.05, 0) is 38.3 Å². The summed E-state index contributed by atoms with van der Waals surface area (Å²) in [7, 11) is 0. The van der Waals surface area contributed by atoms with Crippen LogP contribution in [0.25, 0.3) is 0 Å². The van der Waals surface area contributed by atoms with Gasteiger partial charge in [-0.25, -0.2) is 22.4 Å². The molecule has 2 heterocycles. The average molecular weight is 532 g/mol. The van der Waals surface area contributed by atoms with E-state index in [9.17, 15) is 36.7 Å². The molecule has 2 fully saturated rings. The van der Waals surface area contributed by atoms with Gasteiger partial charge in [-0.2, -0.15) is 0 Å². The lowest BCUT2D eigenvalue weighted by atomic mass is 10.0. The monoisotopic (exact) mass is 531 g/mol. The number of ether oxygens (including phenoxy) is 1. The lowest BCUT2D eigenvalue weighted by Crippen LogP contribution is -2.45. The molecule has 0 radical (unpaired) electrons. The quantitative estimate of drug-likeness (QED) is 0.172. The minimum Gasteiger partial charge on any atom is -0.478 e. The first-order valence-corrected chi connectivity index (χ1v) is 11.4. The van der Waals surface area contributed by atoms with Crippen LogP contribution in [0, 0.1) is 23.4 Å². The van der Waals surface area contributed by atoms with Crippen LogP contribution >= 0.6 is 0 Å². The highest BCUT2D eigenvalue weighted by Crippen LogP contribution is 2.33. The molecule has 37 heavy (non-hydrogen) atoms. The van der Waals surface area contributed by atoms with Gasteiger partial charge in [0.05, 0.1) is 12.1 Å². The third kappa shape index (κ3) is 8.27. The molecule has 3 N–H and O–H groups in total. The van der Waals surface area contributed by atoms with Gasteiger partial charge in [0.2, 0.25) is 5.91 Å². The summed E-state index contributed by atoms with van der Waals surface area (Å²) in [4.78, 5) is 46.9. The van der Waals surface area contributed by atoms with Crippen LogP contribution < -0.4 is 5.73 Å². The summed E-state index contributed by atoms with van der Waals surface area (Å²) in [6, 6.07) is 0.242. The van der Waals surface area contributed by atoms with Gasteiger partial charge in [0.15, 0.2) is 17.3 Å². The lowest BCUT2D eigenvalue weighted by molar-refractivity contribution is -0.142. The van der Waals surface area contributed by atoms with Crippen LogP contribution in [0.2, 0.25) is 0 Å². The third-order valence-corrected chi connectivity index (χ3v) is 6.02. The number of nitrogens with zero attached hydrogens (tertiary/aromatic N) is 2. The molecule has 0 aromatic heterocycles. The van der Waals surface area contributed by atoms with Crippen LogP contribution in [-0.2, 0) is 30.3 Å². The molecule has 1 aromatic carbocycles. The number of likely N-dealkylation sites (tertiary alicyclic amines) is 2. The molecule has 2 aliphatic heterocycles.